The van der Waals surface area contributed by atoms with Crippen LogP contribution in [-0.2, 0) is 4.74 Å². The summed E-state index contributed by atoms with van der Waals surface area (Å²) in [7, 11) is 5.51. The maximum absolute atomic E-state index is 5.39. The van der Waals surface area contributed by atoms with Crippen molar-refractivity contribution in [1.82, 2.24) is 10.3 Å². The molecule has 0 bridgehead atoms. The van der Waals surface area contributed by atoms with Crippen LogP contribution >= 0.6 is 11.8 Å². The van der Waals surface area contributed by atoms with E-state index in [9.17, 15) is 0 Å². The van der Waals surface area contributed by atoms with E-state index < -0.39 is 0 Å². The Morgan fingerprint density at radius 1 is 1.54 bits per heavy atom. The number of likely N-dealkylation sites (N-methyl/N-ethyl adjacent to an activating group) is 1. The lowest BCUT2D eigenvalue weighted by Gasteiger charge is -2.23. The molecule has 0 aliphatic carbocycles. The first-order valence-electron chi connectivity index (χ1n) is 4.19. The van der Waals surface area contributed by atoms with E-state index in [1.165, 1.54) is 0 Å². The fourth-order valence-electron chi connectivity index (χ4n) is 1.20. The second-order valence-corrected chi connectivity index (χ2v) is 5.07. The summed E-state index contributed by atoms with van der Waals surface area (Å²) in [6, 6.07) is 0. The van der Waals surface area contributed by atoms with E-state index in [1.54, 1.807) is 25.2 Å². The van der Waals surface area contributed by atoms with Gasteiger partial charge >= 0.3 is 0 Å². The van der Waals surface area contributed by atoms with E-state index in [0.717, 1.165) is 0 Å². The fraction of sp³-hybridized carbons (Fsp3) is 0.875. The van der Waals surface area contributed by atoms with Crippen LogP contribution in [0.1, 0.15) is 13.8 Å². The Morgan fingerprint density at radius 2 is 2.15 bits per heavy atom. The quantitative estimate of drug-likeness (QED) is 0.319. The Kier molecular flexibility index (Phi) is 2.77. The smallest absolute Gasteiger partial charge is 0.146 e. The molecule has 13 heavy (non-hydrogen) atoms. The Balaban J connectivity index is 2.59. The van der Waals surface area contributed by atoms with Crippen molar-refractivity contribution in [3.8, 4) is 0 Å². The van der Waals surface area contributed by atoms with Gasteiger partial charge in [0.1, 0.15) is 16.1 Å². The van der Waals surface area contributed by atoms with Crippen LogP contribution < -0.4 is 5.32 Å². The van der Waals surface area contributed by atoms with Gasteiger partial charge in [-0.3, -0.25) is 5.01 Å². The first-order valence-corrected chi connectivity index (χ1v) is 5.00. The average molecular weight is 203 g/mol. The predicted octanol–water partition coefficient (Wildman–Crippen LogP) is 0.906. The van der Waals surface area contributed by atoms with Crippen LogP contribution in [0.15, 0.2) is 5.10 Å². The summed E-state index contributed by atoms with van der Waals surface area (Å²) >= 11 is 1.76. The molecule has 0 saturated carbocycles. The number of ether oxygens (including phenoxy) is 1. The number of hydrazone groups is 1. The number of hydrogen-bond donors (Lipinski definition) is 1. The zero-order chi connectivity index (χ0) is 10.1. The number of thioether (sulfide) groups is 1. The molecule has 1 rings (SSSR count). The minimum Gasteiger partial charge on any atom is -0.378 e. The third kappa shape index (κ3) is 1.62. The van der Waals surface area contributed by atoms with Crippen LogP contribution in [0.3, 0.4) is 0 Å². The summed E-state index contributed by atoms with van der Waals surface area (Å²) in [5.74, 6) is 0. The number of hydrogen-bond acceptors (Lipinski definition) is 4. The lowest BCUT2D eigenvalue weighted by atomic mass is 10.2. The molecule has 76 valence electrons. The van der Waals surface area contributed by atoms with Crippen molar-refractivity contribution in [1.29, 1.82) is 0 Å². The highest BCUT2D eigenvalue weighted by Crippen LogP contribution is 2.65. The van der Waals surface area contributed by atoms with Crippen molar-refractivity contribution in [3.63, 3.8) is 0 Å². The monoisotopic (exact) mass is 203 g/mol. The zero-order valence-corrected chi connectivity index (χ0v) is 9.60. The van der Waals surface area contributed by atoms with Crippen LogP contribution in [0.25, 0.3) is 0 Å². The normalized spacial score (nSPS) is 37.9. The van der Waals surface area contributed by atoms with Crippen molar-refractivity contribution in [2.24, 2.45) is 5.10 Å². The van der Waals surface area contributed by atoms with Crippen LogP contribution in [0, 0.1) is 0 Å². The second-order valence-electron chi connectivity index (χ2n) is 3.29. The van der Waals surface area contributed by atoms with E-state index in [0.29, 0.717) is 0 Å². The SMILES string of the molecule is CN/C=N\N(C)C1(C)S[C@@]1(C)OC. The average Bonchev–Trinajstić information content (AvgIpc) is 2.68. The first kappa shape index (κ1) is 10.7. The molecule has 1 N–H and O–H groups in total. The number of methoxy groups -OCH3 is 1. The van der Waals surface area contributed by atoms with Gasteiger partial charge in [-0.2, -0.15) is 5.10 Å². The molecule has 0 spiro atoms. The lowest BCUT2D eigenvalue weighted by Crippen LogP contribution is -2.35. The van der Waals surface area contributed by atoms with E-state index in [-0.39, 0.29) is 9.80 Å². The lowest BCUT2D eigenvalue weighted by molar-refractivity contribution is 0.0440. The Labute approximate surface area is 83.7 Å². The van der Waals surface area contributed by atoms with Gasteiger partial charge in [-0.05, 0) is 13.8 Å². The van der Waals surface area contributed by atoms with E-state index in [2.05, 4.69) is 24.3 Å². The molecule has 1 aliphatic rings. The molecule has 1 heterocycles. The van der Waals surface area contributed by atoms with Crippen LogP contribution in [0.2, 0.25) is 0 Å². The van der Waals surface area contributed by atoms with Gasteiger partial charge in [-0.25, -0.2) is 0 Å². The molecular weight excluding hydrogens is 186 g/mol. The van der Waals surface area contributed by atoms with Crippen LogP contribution in [0.5, 0.6) is 0 Å². The molecule has 2 atom stereocenters. The third-order valence-electron chi connectivity index (χ3n) is 2.56. The van der Waals surface area contributed by atoms with Crippen molar-refractivity contribution in [3.05, 3.63) is 0 Å². The molecule has 5 heteroatoms. The summed E-state index contributed by atoms with van der Waals surface area (Å²) in [5.41, 5.74) is 0. The first-order chi connectivity index (χ1) is 6.00. The fourth-order valence-corrected chi connectivity index (χ4v) is 2.38. The maximum atomic E-state index is 5.39. The summed E-state index contributed by atoms with van der Waals surface area (Å²) < 4.78 is 5.39. The Bertz CT molecular complexity index is 223. The van der Waals surface area contributed by atoms with Gasteiger partial charge in [0.25, 0.3) is 0 Å². The highest BCUT2D eigenvalue weighted by Gasteiger charge is 2.67. The molecule has 1 fully saturated rings. The van der Waals surface area contributed by atoms with Crippen molar-refractivity contribution < 1.29 is 4.74 Å². The minimum atomic E-state index is -0.132. The Morgan fingerprint density at radius 3 is 2.54 bits per heavy atom. The van der Waals surface area contributed by atoms with Gasteiger partial charge in [-0.15, -0.1) is 0 Å². The van der Waals surface area contributed by atoms with Crippen molar-refractivity contribution in [2.45, 2.75) is 23.7 Å². The summed E-state index contributed by atoms with van der Waals surface area (Å²) in [6.07, 6.45) is 1.67. The zero-order valence-electron chi connectivity index (χ0n) is 8.79. The predicted molar refractivity (Wildman–Crippen MR) is 56.7 cm³/mol. The highest BCUT2D eigenvalue weighted by molar-refractivity contribution is 8.09. The number of nitrogens with zero attached hydrogens (tertiary/aromatic N) is 2. The number of nitrogens with one attached hydrogen (secondary N) is 1. The molecule has 0 aromatic heterocycles. The van der Waals surface area contributed by atoms with Crippen LogP contribution in [0.4, 0.5) is 0 Å². The summed E-state index contributed by atoms with van der Waals surface area (Å²) in [5, 5.41) is 8.99. The van der Waals surface area contributed by atoms with Gasteiger partial charge in [0.15, 0.2) is 0 Å². The van der Waals surface area contributed by atoms with Crippen molar-refractivity contribution in [2.75, 3.05) is 21.2 Å². The van der Waals surface area contributed by atoms with Gasteiger partial charge < -0.3 is 10.1 Å². The molecule has 0 aromatic rings. The molecule has 0 radical (unpaired) electrons. The minimum absolute atomic E-state index is 0.0465. The van der Waals surface area contributed by atoms with E-state index in [4.69, 9.17) is 4.74 Å². The second kappa shape index (κ2) is 3.38. The number of rotatable bonds is 4. The largest absolute Gasteiger partial charge is 0.378 e. The van der Waals surface area contributed by atoms with E-state index in [1.807, 2.05) is 19.1 Å². The molecular formula is C8H17N3OS. The molecule has 1 aliphatic heterocycles. The van der Waals surface area contributed by atoms with E-state index >= 15 is 0 Å². The topological polar surface area (TPSA) is 36.9 Å². The molecule has 0 amide bonds. The molecule has 1 saturated heterocycles. The van der Waals surface area contributed by atoms with Crippen molar-refractivity contribution >= 4 is 18.1 Å². The molecule has 0 aromatic carbocycles. The van der Waals surface area contributed by atoms with Gasteiger partial charge in [-0.1, -0.05) is 11.8 Å². The maximum Gasteiger partial charge on any atom is 0.146 e. The molecule has 4 nitrogen and oxygen atoms in total. The highest BCUT2D eigenvalue weighted by atomic mass is 32.2. The van der Waals surface area contributed by atoms with Gasteiger partial charge in [0.05, 0.1) is 0 Å². The third-order valence-corrected chi connectivity index (χ3v) is 4.36. The van der Waals surface area contributed by atoms with Gasteiger partial charge in [0.2, 0.25) is 0 Å². The molecule has 1 unspecified atom stereocenters. The summed E-state index contributed by atoms with van der Waals surface area (Å²) in [6.45, 7) is 4.19. The van der Waals surface area contributed by atoms with Crippen LogP contribution in [-0.4, -0.2) is 42.4 Å². The summed E-state index contributed by atoms with van der Waals surface area (Å²) in [4.78, 5) is -0.179. The standard InChI is InChI=1S/C8H17N3OS/c1-7(8(2,12-5)13-7)11(4)10-6-9-3/h6H,1-5H3,(H,9,10)/t7?,8-/m1/s1. The van der Waals surface area contributed by atoms with Gasteiger partial charge in [0, 0.05) is 21.2 Å². The Hall–Kier alpha value is -0.420.